The summed E-state index contributed by atoms with van der Waals surface area (Å²) >= 11 is 2.90. The molecule has 164 valence electrons. The number of nitrogens with two attached hydrogens (primary N) is 2. The van der Waals surface area contributed by atoms with E-state index in [4.69, 9.17) is 11.5 Å². The number of anilines is 1. The number of benzene rings is 1. The second-order valence-electron chi connectivity index (χ2n) is 8.32. The average molecular weight is 458 g/mol. The molecule has 0 atom stereocenters. The lowest BCUT2D eigenvalue weighted by Gasteiger charge is -2.19. The van der Waals surface area contributed by atoms with Crippen LogP contribution in [0.3, 0.4) is 0 Å². The molecule has 0 bridgehead atoms. The van der Waals surface area contributed by atoms with Gasteiger partial charge in [-0.1, -0.05) is 26.8 Å². The minimum Gasteiger partial charge on any atom is -0.505 e. The average Bonchev–Trinajstić information content (AvgIpc) is 3.22. The number of aromatic hydroxyl groups is 1. The van der Waals surface area contributed by atoms with Crippen LogP contribution in [0.2, 0.25) is 0 Å². The molecule has 9 heteroatoms. The second kappa shape index (κ2) is 9.15. The number of aromatic nitrogens is 2. The van der Waals surface area contributed by atoms with Gasteiger partial charge in [-0.3, -0.25) is 4.79 Å². The number of thioether (sulfide) groups is 1. The van der Waals surface area contributed by atoms with Gasteiger partial charge in [0, 0.05) is 17.1 Å². The molecule has 3 rings (SSSR count). The lowest BCUT2D eigenvalue weighted by Crippen LogP contribution is -2.33. The second-order valence-corrected chi connectivity index (χ2v) is 10.1. The summed E-state index contributed by atoms with van der Waals surface area (Å²) in [7, 11) is 0. The molecule has 31 heavy (non-hydrogen) atoms. The molecule has 0 fully saturated rings. The van der Waals surface area contributed by atoms with Crippen molar-refractivity contribution in [2.45, 2.75) is 38.6 Å². The van der Waals surface area contributed by atoms with Crippen molar-refractivity contribution in [2.24, 2.45) is 16.1 Å². The summed E-state index contributed by atoms with van der Waals surface area (Å²) in [6, 6.07) is 8.96. The predicted octanol–water partition coefficient (Wildman–Crippen LogP) is 4.45. The van der Waals surface area contributed by atoms with Crippen LogP contribution < -0.4 is 17.0 Å². The molecular weight excluding hydrogens is 430 g/mol. The molecule has 7 nitrogen and oxygen atoms in total. The maximum atomic E-state index is 13.2. The van der Waals surface area contributed by atoms with E-state index in [2.05, 4.69) is 30.9 Å². The Morgan fingerprint density at radius 1 is 1.32 bits per heavy atom. The molecule has 0 saturated heterocycles. The third-order valence-electron chi connectivity index (χ3n) is 4.66. The molecule has 0 aliphatic carbocycles. The van der Waals surface area contributed by atoms with Gasteiger partial charge < -0.3 is 16.6 Å². The fourth-order valence-corrected chi connectivity index (χ4v) is 4.22. The molecular formula is C22H27N5O2S2. The minimum absolute atomic E-state index is 0.0130. The van der Waals surface area contributed by atoms with Crippen LogP contribution in [-0.4, -0.2) is 27.0 Å². The van der Waals surface area contributed by atoms with Crippen molar-refractivity contribution in [3.05, 3.63) is 51.6 Å². The first kappa shape index (κ1) is 22.9. The first-order valence-corrected chi connectivity index (χ1v) is 11.9. The maximum Gasteiger partial charge on any atom is 0.281 e. The third-order valence-corrected chi connectivity index (χ3v) is 6.30. The van der Waals surface area contributed by atoms with Crippen molar-refractivity contribution in [1.82, 2.24) is 9.78 Å². The summed E-state index contributed by atoms with van der Waals surface area (Å²) < 4.78 is 1.37. The summed E-state index contributed by atoms with van der Waals surface area (Å²) in [6.45, 7) is 6.69. The van der Waals surface area contributed by atoms with Crippen LogP contribution in [0.1, 0.15) is 32.8 Å². The molecule has 5 N–H and O–H groups in total. The van der Waals surface area contributed by atoms with Crippen molar-refractivity contribution in [3.8, 4) is 16.3 Å². The Morgan fingerprint density at radius 3 is 2.68 bits per heavy atom. The summed E-state index contributed by atoms with van der Waals surface area (Å²) in [5, 5.41) is 17.3. The van der Waals surface area contributed by atoms with Gasteiger partial charge in [-0.15, -0.1) is 23.1 Å². The molecule has 0 spiro atoms. The van der Waals surface area contributed by atoms with Crippen LogP contribution in [-0.2, 0) is 6.54 Å². The quantitative estimate of drug-likeness (QED) is 0.218. The first-order chi connectivity index (χ1) is 14.6. The predicted molar refractivity (Wildman–Crippen MR) is 131 cm³/mol. The van der Waals surface area contributed by atoms with E-state index in [1.54, 1.807) is 18.2 Å². The minimum atomic E-state index is -0.468. The summed E-state index contributed by atoms with van der Waals surface area (Å²) in [6.07, 6.45) is 2.64. The van der Waals surface area contributed by atoms with Crippen molar-refractivity contribution in [3.63, 3.8) is 0 Å². The lowest BCUT2D eigenvalue weighted by molar-refractivity contribution is 0.335. The molecule has 0 saturated carbocycles. The smallest absolute Gasteiger partial charge is 0.281 e. The molecule has 2 aromatic heterocycles. The number of nitrogen functional groups attached to an aromatic ring is 1. The summed E-state index contributed by atoms with van der Waals surface area (Å²) in [5.41, 5.74) is 13.1. The Balaban J connectivity index is 2.18. The highest BCUT2D eigenvalue weighted by Gasteiger charge is 2.23. The zero-order valence-corrected chi connectivity index (χ0v) is 19.7. The number of hydrogen-bond acceptors (Lipinski definition) is 7. The molecule has 0 radical (unpaired) electrons. The van der Waals surface area contributed by atoms with Crippen molar-refractivity contribution < 1.29 is 5.11 Å². The molecule has 0 amide bonds. The highest BCUT2D eigenvalue weighted by atomic mass is 32.2. The number of amidine groups is 1. The number of thiophene rings is 1. The van der Waals surface area contributed by atoms with Crippen LogP contribution in [0, 0.1) is 5.41 Å². The number of hydrogen-bond donors (Lipinski definition) is 3. The monoisotopic (exact) mass is 457 g/mol. The largest absolute Gasteiger partial charge is 0.505 e. The molecule has 2 heterocycles. The van der Waals surface area contributed by atoms with Crippen LogP contribution in [0.15, 0.2) is 50.4 Å². The molecule has 0 unspecified atom stereocenters. The van der Waals surface area contributed by atoms with Crippen LogP contribution in [0.5, 0.6) is 5.75 Å². The zero-order chi connectivity index (χ0) is 22.8. The fourth-order valence-electron chi connectivity index (χ4n) is 2.94. The van der Waals surface area contributed by atoms with E-state index in [0.717, 1.165) is 16.2 Å². The van der Waals surface area contributed by atoms with Gasteiger partial charge in [0.05, 0.1) is 10.6 Å². The standard InChI is InChI=1S/C22H27N5O2S2/c1-22(2,3)9-10-27-21(29)17(19(28)18(26-27)15-6-5-11-31-15)20(24)25-14-8-7-13(23)12-16(14)30-4/h5-8,11-12,28H,9-10,23H2,1-4H3,(H2,24,25). The lowest BCUT2D eigenvalue weighted by atomic mass is 9.92. The van der Waals surface area contributed by atoms with Gasteiger partial charge in [0.2, 0.25) is 0 Å². The Labute approximate surface area is 189 Å². The number of aliphatic imine (C=N–C) groups is 1. The van der Waals surface area contributed by atoms with E-state index in [9.17, 15) is 9.90 Å². The highest BCUT2D eigenvalue weighted by molar-refractivity contribution is 7.98. The van der Waals surface area contributed by atoms with E-state index in [-0.39, 0.29) is 22.6 Å². The third kappa shape index (κ3) is 5.29. The highest BCUT2D eigenvalue weighted by Crippen LogP contribution is 2.34. The van der Waals surface area contributed by atoms with Crippen LogP contribution in [0.25, 0.3) is 10.6 Å². The van der Waals surface area contributed by atoms with E-state index in [0.29, 0.717) is 23.6 Å². The Morgan fingerprint density at radius 2 is 2.06 bits per heavy atom. The van der Waals surface area contributed by atoms with Gasteiger partial charge in [0.25, 0.3) is 5.56 Å². The Bertz CT molecular complexity index is 1160. The van der Waals surface area contributed by atoms with Crippen LogP contribution in [0.4, 0.5) is 11.4 Å². The first-order valence-electron chi connectivity index (χ1n) is 9.76. The fraction of sp³-hybridized carbons (Fsp3) is 0.318. The molecule has 0 aliphatic heterocycles. The maximum absolute atomic E-state index is 13.2. The zero-order valence-electron chi connectivity index (χ0n) is 18.0. The molecule has 3 aromatic rings. The van der Waals surface area contributed by atoms with E-state index < -0.39 is 5.56 Å². The SMILES string of the molecule is CSc1cc(N)ccc1N=C(N)c1c(O)c(-c2cccs2)nn(CCC(C)(C)C)c1=O. The Hall–Kier alpha value is -2.78. The van der Waals surface area contributed by atoms with Crippen molar-refractivity contribution in [2.75, 3.05) is 12.0 Å². The van der Waals surface area contributed by atoms with Gasteiger partial charge >= 0.3 is 0 Å². The van der Waals surface area contributed by atoms with Gasteiger partial charge in [-0.2, -0.15) is 5.10 Å². The molecule has 1 aromatic carbocycles. The van der Waals surface area contributed by atoms with Gasteiger partial charge in [0.15, 0.2) is 5.75 Å². The van der Waals surface area contributed by atoms with E-state index in [1.165, 1.54) is 27.8 Å². The van der Waals surface area contributed by atoms with Gasteiger partial charge in [-0.05, 0) is 47.7 Å². The normalized spacial score (nSPS) is 12.3. The van der Waals surface area contributed by atoms with E-state index in [1.807, 2.05) is 23.8 Å². The number of aryl methyl sites for hydroxylation is 1. The van der Waals surface area contributed by atoms with Gasteiger partial charge in [-0.25, -0.2) is 9.67 Å². The van der Waals surface area contributed by atoms with Crippen molar-refractivity contribution >= 4 is 40.3 Å². The topological polar surface area (TPSA) is 120 Å². The summed E-state index contributed by atoms with van der Waals surface area (Å²) in [4.78, 5) is 19.2. The van der Waals surface area contributed by atoms with Gasteiger partial charge in [0.1, 0.15) is 17.1 Å². The van der Waals surface area contributed by atoms with Crippen molar-refractivity contribution in [1.29, 1.82) is 0 Å². The number of rotatable bonds is 6. The number of nitrogens with zero attached hydrogens (tertiary/aromatic N) is 3. The Kier molecular flexibility index (Phi) is 6.76. The summed E-state index contributed by atoms with van der Waals surface area (Å²) in [5.74, 6) is -0.325. The van der Waals surface area contributed by atoms with E-state index >= 15 is 0 Å². The molecule has 0 aliphatic rings. The van der Waals surface area contributed by atoms with Crippen LogP contribution >= 0.6 is 23.1 Å².